The first-order valence-corrected chi connectivity index (χ1v) is 11.8. The molecular weight excluding hydrogens is 402 g/mol. The van der Waals surface area contributed by atoms with E-state index in [1.165, 1.54) is 6.20 Å². The minimum absolute atomic E-state index is 0.0740. The summed E-state index contributed by atoms with van der Waals surface area (Å²) in [4.78, 5) is 25.5. The number of piperidine rings is 1. The number of nitrogens with zero attached hydrogens (tertiary/aromatic N) is 4. The van der Waals surface area contributed by atoms with E-state index in [2.05, 4.69) is 19.6 Å². The van der Waals surface area contributed by atoms with Gasteiger partial charge >= 0.3 is 0 Å². The van der Waals surface area contributed by atoms with Gasteiger partial charge in [0.2, 0.25) is 16.0 Å². The monoisotopic (exact) mass is 429 g/mol. The first-order valence-electron chi connectivity index (χ1n) is 9.83. The Morgan fingerprint density at radius 1 is 1.29 bits per heavy atom. The number of aromatic nitrogens is 2. The predicted molar refractivity (Wildman–Crippen MR) is 109 cm³/mol. The van der Waals surface area contributed by atoms with Crippen molar-refractivity contribution in [3.8, 4) is 0 Å². The number of sulfonamides is 1. The Morgan fingerprint density at radius 2 is 2.00 bits per heavy atom. The fraction of sp³-hybridized carbons (Fsp3) is 0.722. The van der Waals surface area contributed by atoms with E-state index < -0.39 is 15.3 Å². The molecule has 1 amide bonds. The minimum atomic E-state index is -3.31. The van der Waals surface area contributed by atoms with Gasteiger partial charge in [0.1, 0.15) is 0 Å². The van der Waals surface area contributed by atoms with Gasteiger partial charge in [-0.2, -0.15) is 0 Å². The number of hydrogen-bond donors (Lipinski definition) is 1. The molecule has 0 unspecified atom stereocenters. The number of amides is 1. The number of anilines is 1. The minimum Gasteiger partial charge on any atom is -0.341 e. The molecule has 0 radical (unpaired) electrons. The van der Waals surface area contributed by atoms with Gasteiger partial charge in [-0.25, -0.2) is 23.1 Å². The molecule has 0 aliphatic carbocycles. The highest BCUT2D eigenvalue weighted by Crippen LogP contribution is 2.23. The summed E-state index contributed by atoms with van der Waals surface area (Å²) < 4.78 is 26.6. The van der Waals surface area contributed by atoms with Crippen molar-refractivity contribution < 1.29 is 13.2 Å². The first kappa shape index (κ1) is 21.3. The van der Waals surface area contributed by atoms with Crippen molar-refractivity contribution in [3.63, 3.8) is 0 Å². The first-order chi connectivity index (χ1) is 13.3. The highest BCUT2D eigenvalue weighted by molar-refractivity contribution is 7.90. The second-order valence-corrected chi connectivity index (χ2v) is 10.5. The normalized spacial score (nSPS) is 20.8. The van der Waals surface area contributed by atoms with Crippen LogP contribution in [0.2, 0.25) is 5.02 Å². The molecule has 0 bridgehead atoms. The molecule has 2 fully saturated rings. The van der Waals surface area contributed by atoms with Crippen LogP contribution in [0.3, 0.4) is 0 Å². The number of carbonyl (C=O) groups excluding carboxylic acids is 1. The number of nitrogens with one attached hydrogen (secondary N) is 1. The largest absolute Gasteiger partial charge is 0.341 e. The van der Waals surface area contributed by atoms with E-state index in [1.54, 1.807) is 18.7 Å². The van der Waals surface area contributed by atoms with Crippen molar-refractivity contribution in [2.45, 2.75) is 44.8 Å². The molecule has 156 valence electrons. The van der Waals surface area contributed by atoms with Gasteiger partial charge in [-0.1, -0.05) is 11.6 Å². The molecule has 1 aromatic heterocycles. The Kier molecular flexibility index (Phi) is 6.77. The van der Waals surface area contributed by atoms with Crippen LogP contribution in [0.15, 0.2) is 6.20 Å². The summed E-state index contributed by atoms with van der Waals surface area (Å²) in [7, 11) is -3.31. The highest BCUT2D eigenvalue weighted by atomic mass is 35.5. The quantitative estimate of drug-likeness (QED) is 0.742. The molecule has 8 nitrogen and oxygen atoms in total. The zero-order valence-electron chi connectivity index (χ0n) is 16.4. The third-order valence-electron chi connectivity index (χ3n) is 5.32. The third kappa shape index (κ3) is 4.93. The zero-order chi connectivity index (χ0) is 20.3. The van der Waals surface area contributed by atoms with E-state index in [0.29, 0.717) is 25.6 Å². The Morgan fingerprint density at radius 3 is 2.68 bits per heavy atom. The number of carbonyl (C=O) groups is 1. The van der Waals surface area contributed by atoms with Gasteiger partial charge in [-0.05, 0) is 45.4 Å². The van der Waals surface area contributed by atoms with Gasteiger partial charge < -0.3 is 9.80 Å². The summed E-state index contributed by atoms with van der Waals surface area (Å²) in [5, 5.41) is -0.228. The van der Waals surface area contributed by atoms with Crippen molar-refractivity contribution >= 4 is 33.5 Å². The van der Waals surface area contributed by atoms with Crippen LogP contribution in [-0.4, -0.2) is 67.2 Å². The summed E-state index contributed by atoms with van der Waals surface area (Å²) in [5.74, 6) is 0.401. The molecule has 10 heteroatoms. The van der Waals surface area contributed by atoms with Crippen molar-refractivity contribution in [2.75, 3.05) is 37.6 Å². The zero-order valence-corrected chi connectivity index (χ0v) is 18.0. The predicted octanol–water partition coefficient (Wildman–Crippen LogP) is 1.91. The average Bonchev–Trinajstić information content (AvgIpc) is 3.21. The molecule has 28 heavy (non-hydrogen) atoms. The van der Waals surface area contributed by atoms with Gasteiger partial charge in [-0.15, -0.1) is 0 Å². The van der Waals surface area contributed by atoms with Gasteiger partial charge in [-0.3, -0.25) is 4.79 Å². The summed E-state index contributed by atoms with van der Waals surface area (Å²) in [5.41, 5.74) is 0.224. The lowest BCUT2D eigenvalue weighted by Crippen LogP contribution is -2.45. The lowest BCUT2D eigenvalue weighted by atomic mass is 9.98. The van der Waals surface area contributed by atoms with Crippen LogP contribution < -0.4 is 9.62 Å². The van der Waals surface area contributed by atoms with Crippen LogP contribution in [0.25, 0.3) is 0 Å². The lowest BCUT2D eigenvalue weighted by Gasteiger charge is -2.33. The standard InChI is InChI=1S/C18H28ClN5O3S/c1-13(2)28(26,27)21-10-14-6-5-9-24(12-14)17(25)16-15(19)11-20-18(22-16)23-7-3-4-8-23/h11,13-14,21H,3-10,12H2,1-2H3/t14-/m0/s1. The Bertz CT molecular complexity index is 811. The topological polar surface area (TPSA) is 95.5 Å². The average molecular weight is 430 g/mol. The molecule has 0 aromatic carbocycles. The molecule has 2 aliphatic rings. The van der Waals surface area contributed by atoms with E-state index in [9.17, 15) is 13.2 Å². The van der Waals surface area contributed by atoms with Crippen LogP contribution in [-0.2, 0) is 10.0 Å². The van der Waals surface area contributed by atoms with Gasteiger partial charge in [0.15, 0.2) is 5.69 Å². The van der Waals surface area contributed by atoms with Crippen molar-refractivity contribution in [1.29, 1.82) is 0 Å². The molecular formula is C18H28ClN5O3S. The van der Waals surface area contributed by atoms with Crippen molar-refractivity contribution in [1.82, 2.24) is 19.6 Å². The molecule has 1 atom stereocenters. The van der Waals surface area contributed by atoms with E-state index in [1.807, 2.05) is 0 Å². The maximum absolute atomic E-state index is 13.0. The van der Waals surface area contributed by atoms with Crippen LogP contribution in [0.1, 0.15) is 50.0 Å². The number of rotatable bonds is 6. The number of likely N-dealkylation sites (tertiary alicyclic amines) is 1. The summed E-state index contributed by atoms with van der Waals surface area (Å²) in [6.45, 7) is 6.50. The molecule has 1 N–H and O–H groups in total. The Balaban J connectivity index is 1.67. The third-order valence-corrected chi connectivity index (χ3v) is 7.41. The Hall–Kier alpha value is -1.45. The Labute approximate surface area is 171 Å². The maximum atomic E-state index is 13.0. The van der Waals surface area contributed by atoms with E-state index in [0.717, 1.165) is 38.8 Å². The van der Waals surface area contributed by atoms with Gasteiger partial charge in [0.05, 0.1) is 16.5 Å². The molecule has 3 rings (SSSR count). The summed E-state index contributed by atoms with van der Waals surface area (Å²) >= 11 is 6.23. The number of hydrogen-bond acceptors (Lipinski definition) is 6. The molecule has 2 saturated heterocycles. The van der Waals surface area contributed by atoms with Crippen LogP contribution >= 0.6 is 11.6 Å². The van der Waals surface area contributed by atoms with E-state index in [-0.39, 0.29) is 22.5 Å². The molecule has 0 saturated carbocycles. The summed E-state index contributed by atoms with van der Waals surface area (Å²) in [6.07, 6.45) is 5.38. The lowest BCUT2D eigenvalue weighted by molar-refractivity contribution is 0.0670. The second kappa shape index (κ2) is 8.92. The summed E-state index contributed by atoms with van der Waals surface area (Å²) in [6, 6.07) is 0. The molecule has 3 heterocycles. The van der Waals surface area contributed by atoms with E-state index in [4.69, 9.17) is 11.6 Å². The van der Waals surface area contributed by atoms with Crippen LogP contribution in [0.5, 0.6) is 0 Å². The SMILES string of the molecule is CC(C)S(=O)(=O)NC[C@@H]1CCCN(C(=O)c2nc(N3CCCC3)ncc2Cl)C1. The second-order valence-electron chi connectivity index (χ2n) is 7.76. The van der Waals surface area contributed by atoms with Crippen LogP contribution in [0, 0.1) is 5.92 Å². The van der Waals surface area contributed by atoms with Crippen molar-refractivity contribution in [2.24, 2.45) is 5.92 Å². The van der Waals surface area contributed by atoms with Gasteiger partial charge in [0, 0.05) is 32.7 Å². The van der Waals surface area contributed by atoms with Crippen molar-refractivity contribution in [3.05, 3.63) is 16.9 Å². The smallest absolute Gasteiger partial charge is 0.274 e. The number of halogens is 1. The van der Waals surface area contributed by atoms with Gasteiger partial charge in [0.25, 0.3) is 5.91 Å². The molecule has 0 spiro atoms. The maximum Gasteiger partial charge on any atom is 0.274 e. The molecule has 2 aliphatic heterocycles. The van der Waals surface area contributed by atoms with E-state index >= 15 is 0 Å². The fourth-order valence-corrected chi connectivity index (χ4v) is 4.52. The molecule has 1 aromatic rings. The van der Waals surface area contributed by atoms with Crippen LogP contribution in [0.4, 0.5) is 5.95 Å². The fourth-order valence-electron chi connectivity index (χ4n) is 3.54. The highest BCUT2D eigenvalue weighted by Gasteiger charge is 2.29.